The summed E-state index contributed by atoms with van der Waals surface area (Å²) in [5, 5.41) is 13.1. The number of fused-ring (bicyclic) bond motifs is 1. The van der Waals surface area contributed by atoms with Gasteiger partial charge in [0.25, 0.3) is 0 Å². The number of aliphatic hydroxyl groups excluding tert-OH is 1. The van der Waals surface area contributed by atoms with Crippen molar-refractivity contribution in [3.63, 3.8) is 0 Å². The summed E-state index contributed by atoms with van der Waals surface area (Å²) in [5.74, 6) is -0.246. The molecule has 0 aromatic heterocycles. The highest BCUT2D eigenvalue weighted by molar-refractivity contribution is 5.98. The predicted molar refractivity (Wildman–Crippen MR) is 96.4 cm³/mol. The van der Waals surface area contributed by atoms with E-state index in [1.165, 1.54) is 5.56 Å². The third kappa shape index (κ3) is 3.97. The Hall–Kier alpha value is -2.46. The van der Waals surface area contributed by atoms with Crippen molar-refractivity contribution in [1.29, 1.82) is 0 Å². The number of amides is 1. The number of carbonyl (C=O) groups is 2. The zero-order chi connectivity index (χ0) is 17.8. The van der Waals surface area contributed by atoms with Gasteiger partial charge in [-0.05, 0) is 23.1 Å². The van der Waals surface area contributed by atoms with E-state index in [0.717, 1.165) is 17.5 Å². The Morgan fingerprint density at radius 3 is 2.52 bits per heavy atom. The minimum atomic E-state index is -0.612. The van der Waals surface area contributed by atoms with Crippen LogP contribution in [0.25, 0.3) is 0 Å². The van der Waals surface area contributed by atoms with E-state index in [-0.39, 0.29) is 30.6 Å². The molecule has 4 nitrogen and oxygen atoms in total. The Morgan fingerprint density at radius 1 is 1.08 bits per heavy atom. The highest BCUT2D eigenvalue weighted by Gasteiger charge is 2.31. The molecular formula is C21H23NO3. The highest BCUT2D eigenvalue weighted by atomic mass is 16.3. The molecule has 1 amide bonds. The number of nitrogens with one attached hydrogen (secondary N) is 1. The summed E-state index contributed by atoms with van der Waals surface area (Å²) in [6.45, 7) is 2.07. The number of rotatable bonds is 6. The molecule has 2 N–H and O–H groups in total. The Morgan fingerprint density at radius 2 is 1.80 bits per heavy atom. The molecule has 2 aromatic carbocycles. The third-order valence-corrected chi connectivity index (χ3v) is 4.78. The van der Waals surface area contributed by atoms with Crippen molar-refractivity contribution in [3.8, 4) is 0 Å². The van der Waals surface area contributed by atoms with E-state index in [1.54, 1.807) is 0 Å². The van der Waals surface area contributed by atoms with Gasteiger partial charge in [-0.2, -0.15) is 0 Å². The monoisotopic (exact) mass is 337 g/mol. The summed E-state index contributed by atoms with van der Waals surface area (Å²) in [7, 11) is 0. The van der Waals surface area contributed by atoms with E-state index in [0.29, 0.717) is 12.0 Å². The van der Waals surface area contributed by atoms with Crippen LogP contribution in [-0.4, -0.2) is 22.9 Å². The molecule has 0 heterocycles. The van der Waals surface area contributed by atoms with Crippen molar-refractivity contribution in [3.05, 3.63) is 70.8 Å². The second-order valence-corrected chi connectivity index (χ2v) is 6.49. The lowest BCUT2D eigenvalue weighted by Gasteiger charge is -2.17. The van der Waals surface area contributed by atoms with Gasteiger partial charge in [0.2, 0.25) is 5.91 Å². The summed E-state index contributed by atoms with van der Waals surface area (Å²) < 4.78 is 0. The average Bonchev–Trinajstić information content (AvgIpc) is 2.95. The fraction of sp³-hybridized carbons (Fsp3) is 0.333. The molecule has 3 rings (SSSR count). The van der Waals surface area contributed by atoms with Crippen molar-refractivity contribution in [1.82, 2.24) is 5.32 Å². The Bertz CT molecular complexity index is 767. The van der Waals surface area contributed by atoms with Crippen LogP contribution >= 0.6 is 0 Å². The molecule has 0 saturated carbocycles. The molecule has 0 unspecified atom stereocenters. The lowest BCUT2D eigenvalue weighted by molar-refractivity contribution is -0.122. The van der Waals surface area contributed by atoms with Gasteiger partial charge in [0, 0.05) is 24.8 Å². The lowest BCUT2D eigenvalue weighted by Crippen LogP contribution is -2.34. The first kappa shape index (κ1) is 17.4. The van der Waals surface area contributed by atoms with Crippen LogP contribution < -0.4 is 5.32 Å². The normalized spacial score (nSPS) is 18.6. The van der Waals surface area contributed by atoms with Crippen LogP contribution in [-0.2, 0) is 17.6 Å². The maximum Gasteiger partial charge on any atom is 0.221 e. The van der Waals surface area contributed by atoms with Crippen LogP contribution in [0.2, 0.25) is 0 Å². The fourth-order valence-electron chi connectivity index (χ4n) is 3.29. The molecule has 4 heteroatoms. The molecule has 0 saturated heterocycles. The largest absolute Gasteiger partial charge is 0.390 e. The quantitative estimate of drug-likeness (QED) is 0.797. The van der Waals surface area contributed by atoms with E-state index >= 15 is 0 Å². The van der Waals surface area contributed by atoms with E-state index in [1.807, 2.05) is 48.5 Å². The standard InChI is InChI=1S/C21H23NO3/c1-2-14-7-9-15(10-8-14)18(23)11-12-20(25)22-21-17-6-4-3-5-16(17)13-19(21)24/h3-10,19,21,24H,2,11-13H2,1H3,(H,22,25)/t19-,21+/m0/s1. The SMILES string of the molecule is CCc1ccc(C(=O)CCC(=O)N[C@@H]2c3ccccc3C[C@@H]2O)cc1. The zero-order valence-electron chi connectivity index (χ0n) is 14.4. The zero-order valence-corrected chi connectivity index (χ0v) is 14.4. The minimum absolute atomic E-state index is 0.0369. The Kier molecular flexibility index (Phi) is 5.29. The predicted octanol–water partition coefficient (Wildman–Crippen LogP) is 2.99. The molecule has 0 bridgehead atoms. The fourth-order valence-corrected chi connectivity index (χ4v) is 3.29. The average molecular weight is 337 g/mol. The van der Waals surface area contributed by atoms with E-state index in [2.05, 4.69) is 12.2 Å². The van der Waals surface area contributed by atoms with Crippen LogP contribution in [0.1, 0.15) is 52.9 Å². The van der Waals surface area contributed by atoms with E-state index < -0.39 is 6.10 Å². The van der Waals surface area contributed by atoms with Crippen LogP contribution in [0.4, 0.5) is 0 Å². The molecule has 25 heavy (non-hydrogen) atoms. The van der Waals surface area contributed by atoms with E-state index in [9.17, 15) is 14.7 Å². The number of aryl methyl sites for hydroxylation is 1. The van der Waals surface area contributed by atoms with Crippen molar-refractivity contribution in [2.45, 2.75) is 44.8 Å². The van der Waals surface area contributed by atoms with Crippen LogP contribution in [0.15, 0.2) is 48.5 Å². The van der Waals surface area contributed by atoms with Crippen LogP contribution in [0.5, 0.6) is 0 Å². The van der Waals surface area contributed by atoms with Crippen molar-refractivity contribution in [2.24, 2.45) is 0 Å². The molecule has 0 spiro atoms. The molecule has 2 atom stereocenters. The number of hydrogen-bond donors (Lipinski definition) is 2. The van der Waals surface area contributed by atoms with Gasteiger partial charge in [-0.3, -0.25) is 9.59 Å². The van der Waals surface area contributed by atoms with Gasteiger partial charge in [0.05, 0.1) is 12.1 Å². The number of benzene rings is 2. The Balaban J connectivity index is 1.55. The van der Waals surface area contributed by atoms with Gasteiger partial charge in [0.1, 0.15) is 0 Å². The number of ketones is 1. The van der Waals surface area contributed by atoms with E-state index in [4.69, 9.17) is 0 Å². The number of carbonyl (C=O) groups excluding carboxylic acids is 2. The summed E-state index contributed by atoms with van der Waals surface area (Å²) in [5.41, 5.74) is 3.84. The minimum Gasteiger partial charge on any atom is -0.390 e. The maximum atomic E-state index is 12.2. The lowest BCUT2D eigenvalue weighted by atomic mass is 10.0. The van der Waals surface area contributed by atoms with Crippen molar-refractivity contribution < 1.29 is 14.7 Å². The van der Waals surface area contributed by atoms with Crippen molar-refractivity contribution in [2.75, 3.05) is 0 Å². The molecule has 0 aliphatic heterocycles. The van der Waals surface area contributed by atoms with Gasteiger partial charge in [-0.1, -0.05) is 55.5 Å². The van der Waals surface area contributed by atoms with Gasteiger partial charge < -0.3 is 10.4 Å². The summed E-state index contributed by atoms with van der Waals surface area (Å²) in [4.78, 5) is 24.4. The first-order chi connectivity index (χ1) is 12.1. The first-order valence-electron chi connectivity index (χ1n) is 8.76. The van der Waals surface area contributed by atoms with Gasteiger partial charge in [-0.15, -0.1) is 0 Å². The number of aliphatic hydroxyl groups is 1. The Labute approximate surface area is 147 Å². The molecule has 0 radical (unpaired) electrons. The second kappa shape index (κ2) is 7.62. The molecular weight excluding hydrogens is 314 g/mol. The van der Waals surface area contributed by atoms with Crippen LogP contribution in [0.3, 0.4) is 0 Å². The van der Waals surface area contributed by atoms with Crippen LogP contribution in [0, 0.1) is 0 Å². The molecule has 1 aliphatic rings. The smallest absolute Gasteiger partial charge is 0.221 e. The second-order valence-electron chi connectivity index (χ2n) is 6.49. The summed E-state index contributed by atoms with van der Waals surface area (Å²) in [6, 6.07) is 14.9. The van der Waals surface area contributed by atoms with Crippen molar-refractivity contribution >= 4 is 11.7 Å². The first-order valence-corrected chi connectivity index (χ1v) is 8.76. The summed E-state index contributed by atoms with van der Waals surface area (Å²) >= 11 is 0. The number of hydrogen-bond acceptors (Lipinski definition) is 3. The molecule has 1 aliphatic carbocycles. The highest BCUT2D eigenvalue weighted by Crippen LogP contribution is 2.31. The molecule has 0 fully saturated rings. The molecule has 130 valence electrons. The third-order valence-electron chi connectivity index (χ3n) is 4.78. The van der Waals surface area contributed by atoms with Gasteiger partial charge in [-0.25, -0.2) is 0 Å². The number of Topliss-reactive ketones (excluding diaryl/α,β-unsaturated/α-hetero) is 1. The van der Waals surface area contributed by atoms with Gasteiger partial charge in [0.15, 0.2) is 5.78 Å². The maximum absolute atomic E-state index is 12.2. The van der Waals surface area contributed by atoms with Gasteiger partial charge >= 0.3 is 0 Å². The topological polar surface area (TPSA) is 66.4 Å². The summed E-state index contributed by atoms with van der Waals surface area (Å²) in [6.07, 6.45) is 1.16. The molecule has 2 aromatic rings.